The number of likely N-dealkylation sites (N-methyl/N-ethyl adjacent to an activating group) is 1. The molecule has 2 N–H and O–H groups in total. The summed E-state index contributed by atoms with van der Waals surface area (Å²) in [6.07, 6.45) is 0. The number of rotatable bonds is 3. The van der Waals surface area contributed by atoms with Gasteiger partial charge in [-0.2, -0.15) is 0 Å². The zero-order valence-corrected chi connectivity index (χ0v) is 16.4. The van der Waals surface area contributed by atoms with Crippen LogP contribution in [0.4, 0.5) is 28.2 Å². The number of carbonyl (C=O) groups is 1. The standard InChI is InChI=1S/C18H16F7N3OS/c1-18(13-8-5-11(19)9-14(13)20)15(16(29)28(2)17(26)27-18)10-3-6-12(7-4-10)30(21,22,23,24)25/h3-9,15H,1-2H3,(H2,26,27)/t15-,18+/m0/s1. The van der Waals surface area contributed by atoms with Gasteiger partial charge < -0.3 is 5.73 Å². The van der Waals surface area contributed by atoms with Gasteiger partial charge in [0.05, 0.1) is 5.92 Å². The Kier molecular flexibility index (Phi) is 4.31. The minimum atomic E-state index is -9.92. The minimum absolute atomic E-state index is 0.125. The van der Waals surface area contributed by atoms with Crippen molar-refractivity contribution in [1.82, 2.24) is 4.90 Å². The third kappa shape index (κ3) is 3.71. The van der Waals surface area contributed by atoms with Crippen molar-refractivity contribution in [3.8, 4) is 0 Å². The molecule has 1 aliphatic rings. The Labute approximate surface area is 166 Å². The predicted octanol–water partition coefficient (Wildman–Crippen LogP) is 5.41. The molecular formula is C18H16F7N3OS. The molecule has 0 bridgehead atoms. The second kappa shape index (κ2) is 5.90. The molecule has 0 aromatic heterocycles. The van der Waals surface area contributed by atoms with E-state index in [9.17, 15) is 33.0 Å². The lowest BCUT2D eigenvalue weighted by molar-refractivity contribution is -0.130. The Morgan fingerprint density at radius 2 is 1.60 bits per heavy atom. The maximum absolute atomic E-state index is 14.5. The molecule has 2 aromatic rings. The number of hydrogen-bond donors (Lipinski definition) is 1. The van der Waals surface area contributed by atoms with Crippen LogP contribution in [0.15, 0.2) is 52.4 Å². The maximum Gasteiger partial charge on any atom is 0.310 e. The van der Waals surface area contributed by atoms with Crippen LogP contribution in [0, 0.1) is 11.6 Å². The number of halogens is 7. The van der Waals surface area contributed by atoms with E-state index in [4.69, 9.17) is 5.73 Å². The van der Waals surface area contributed by atoms with Gasteiger partial charge in [-0.15, -0.1) is 0 Å². The summed E-state index contributed by atoms with van der Waals surface area (Å²) in [7, 11) is -8.67. The third-order valence-corrected chi connectivity index (χ3v) is 6.13. The molecule has 12 heteroatoms. The quantitative estimate of drug-likeness (QED) is 0.630. The zero-order chi connectivity index (χ0) is 22.8. The van der Waals surface area contributed by atoms with Crippen LogP contribution in [0.1, 0.15) is 24.0 Å². The van der Waals surface area contributed by atoms with Gasteiger partial charge in [0, 0.05) is 18.7 Å². The normalized spacial score (nSPS) is 24.8. The zero-order valence-electron chi connectivity index (χ0n) is 15.6. The first-order valence-electron chi connectivity index (χ1n) is 8.36. The van der Waals surface area contributed by atoms with Gasteiger partial charge in [-0.25, -0.2) is 13.8 Å². The first kappa shape index (κ1) is 21.9. The first-order valence-corrected chi connectivity index (χ1v) is 10.3. The highest BCUT2D eigenvalue weighted by atomic mass is 32.5. The Hall–Kier alpha value is -2.76. The molecule has 0 saturated carbocycles. The van der Waals surface area contributed by atoms with E-state index in [0.717, 1.165) is 17.0 Å². The van der Waals surface area contributed by atoms with Crippen LogP contribution < -0.4 is 5.73 Å². The summed E-state index contributed by atoms with van der Waals surface area (Å²) < 4.78 is 93.0. The van der Waals surface area contributed by atoms with Gasteiger partial charge in [-0.3, -0.25) is 9.69 Å². The van der Waals surface area contributed by atoms with E-state index in [-0.39, 0.29) is 29.2 Å². The summed E-state index contributed by atoms with van der Waals surface area (Å²) in [5.74, 6) is -4.42. The summed E-state index contributed by atoms with van der Waals surface area (Å²) in [6, 6.07) is 4.26. The number of guanidine groups is 1. The van der Waals surface area contributed by atoms with Crippen molar-refractivity contribution in [1.29, 1.82) is 0 Å². The molecular weight excluding hydrogens is 439 g/mol. The Morgan fingerprint density at radius 3 is 2.10 bits per heavy atom. The molecule has 0 unspecified atom stereocenters. The van der Waals surface area contributed by atoms with E-state index in [1.807, 2.05) is 0 Å². The number of nitrogens with two attached hydrogens (primary N) is 1. The second-order valence-electron chi connectivity index (χ2n) is 7.11. The van der Waals surface area contributed by atoms with Gasteiger partial charge in [-0.05, 0) is 30.7 Å². The molecule has 2 atom stereocenters. The Bertz CT molecular complexity index is 1070. The Morgan fingerprint density at radius 1 is 1.03 bits per heavy atom. The predicted molar refractivity (Wildman–Crippen MR) is 98.7 cm³/mol. The van der Waals surface area contributed by atoms with E-state index in [1.165, 1.54) is 14.0 Å². The average Bonchev–Trinajstić information content (AvgIpc) is 2.58. The topological polar surface area (TPSA) is 58.7 Å². The van der Waals surface area contributed by atoms with Crippen LogP contribution >= 0.6 is 10.2 Å². The molecule has 0 saturated heterocycles. The smallest absolute Gasteiger partial charge is 0.310 e. The lowest BCUT2D eigenvalue weighted by atomic mass is 9.74. The fraction of sp³-hybridized carbons (Fsp3) is 0.222. The van der Waals surface area contributed by atoms with Crippen LogP contribution in [-0.4, -0.2) is 23.8 Å². The maximum atomic E-state index is 14.5. The molecule has 1 aliphatic heterocycles. The summed E-state index contributed by atoms with van der Waals surface area (Å²) in [6.45, 7) is 1.30. The number of hydrogen-bond acceptors (Lipinski definition) is 3. The van der Waals surface area contributed by atoms with E-state index in [2.05, 4.69) is 4.99 Å². The number of aliphatic imine (C=N–C) groups is 1. The second-order valence-corrected chi connectivity index (χ2v) is 9.52. The average molecular weight is 455 g/mol. The van der Waals surface area contributed by atoms with Gasteiger partial charge >= 0.3 is 10.2 Å². The van der Waals surface area contributed by atoms with Crippen LogP contribution in [0.5, 0.6) is 0 Å². The van der Waals surface area contributed by atoms with E-state index < -0.39 is 44.1 Å². The highest BCUT2D eigenvalue weighted by Crippen LogP contribution is 3.02. The van der Waals surface area contributed by atoms with Gasteiger partial charge in [0.25, 0.3) is 0 Å². The number of benzene rings is 2. The number of carbonyl (C=O) groups excluding carboxylic acids is 1. The first-order chi connectivity index (χ1) is 13.4. The molecule has 3 rings (SSSR count). The lowest BCUT2D eigenvalue weighted by Crippen LogP contribution is -2.52. The molecule has 164 valence electrons. The van der Waals surface area contributed by atoms with Crippen molar-refractivity contribution in [2.75, 3.05) is 7.05 Å². The van der Waals surface area contributed by atoms with Crippen molar-refractivity contribution in [3.05, 3.63) is 65.2 Å². The fourth-order valence-electron chi connectivity index (χ4n) is 3.42. The largest absolute Gasteiger partial charge is 0.369 e. The molecule has 1 heterocycles. The Balaban J connectivity index is 2.21. The van der Waals surface area contributed by atoms with Gasteiger partial charge in [0.2, 0.25) is 5.91 Å². The van der Waals surface area contributed by atoms with Crippen LogP contribution in [0.25, 0.3) is 0 Å². The number of amides is 1. The van der Waals surface area contributed by atoms with Crippen molar-refractivity contribution in [2.45, 2.75) is 23.3 Å². The van der Waals surface area contributed by atoms with E-state index in [1.54, 1.807) is 0 Å². The van der Waals surface area contributed by atoms with Gasteiger partial charge in [-0.1, -0.05) is 37.6 Å². The van der Waals surface area contributed by atoms with Gasteiger partial charge in [0.15, 0.2) is 5.96 Å². The lowest BCUT2D eigenvalue weighted by Gasteiger charge is -2.42. The summed E-state index contributed by atoms with van der Waals surface area (Å²) in [5, 5.41) is 0. The highest BCUT2D eigenvalue weighted by Gasteiger charge is 2.65. The molecule has 0 spiro atoms. The molecule has 1 amide bonds. The van der Waals surface area contributed by atoms with E-state index >= 15 is 0 Å². The fourth-order valence-corrected chi connectivity index (χ4v) is 4.08. The summed E-state index contributed by atoms with van der Waals surface area (Å²) in [5.41, 5.74) is 3.59. The summed E-state index contributed by atoms with van der Waals surface area (Å²) in [4.78, 5) is 15.8. The van der Waals surface area contributed by atoms with Gasteiger partial charge in [0.1, 0.15) is 22.1 Å². The van der Waals surface area contributed by atoms with Crippen molar-refractivity contribution in [3.63, 3.8) is 0 Å². The van der Waals surface area contributed by atoms with Crippen molar-refractivity contribution >= 4 is 22.1 Å². The molecule has 30 heavy (non-hydrogen) atoms. The van der Waals surface area contributed by atoms with E-state index in [0.29, 0.717) is 18.2 Å². The van der Waals surface area contributed by atoms with Crippen molar-refractivity contribution < 1.29 is 33.0 Å². The molecule has 0 aliphatic carbocycles. The summed E-state index contributed by atoms with van der Waals surface area (Å²) >= 11 is 0. The SMILES string of the molecule is CN1C(=O)[C@H](c2ccc(S(F)(F)(F)(F)F)cc2)[C@@](C)(c2ccc(F)cc2F)N=C1N. The van der Waals surface area contributed by atoms with Crippen LogP contribution in [0.3, 0.4) is 0 Å². The van der Waals surface area contributed by atoms with Crippen LogP contribution in [0.2, 0.25) is 0 Å². The molecule has 2 aromatic carbocycles. The molecule has 0 radical (unpaired) electrons. The number of nitrogens with zero attached hydrogens (tertiary/aromatic N) is 2. The highest BCUT2D eigenvalue weighted by molar-refractivity contribution is 8.45. The monoisotopic (exact) mass is 455 g/mol. The molecule has 4 nitrogen and oxygen atoms in total. The van der Waals surface area contributed by atoms with Crippen LogP contribution in [-0.2, 0) is 10.3 Å². The minimum Gasteiger partial charge on any atom is -0.369 e. The third-order valence-electron chi connectivity index (χ3n) is 4.97. The molecule has 0 fully saturated rings. The van der Waals surface area contributed by atoms with Crippen molar-refractivity contribution in [2.24, 2.45) is 10.7 Å².